The van der Waals surface area contributed by atoms with E-state index >= 15 is 0 Å². The largest absolute Gasteiger partial charge is 0.467 e. The van der Waals surface area contributed by atoms with Gasteiger partial charge in [-0.1, -0.05) is 13.0 Å². The molecule has 122 valence electrons. The maximum atomic E-state index is 12.3. The Labute approximate surface area is 134 Å². The molecule has 0 radical (unpaired) electrons. The van der Waals surface area contributed by atoms with E-state index < -0.39 is 29.8 Å². The van der Waals surface area contributed by atoms with Crippen molar-refractivity contribution in [2.24, 2.45) is 5.92 Å². The average molecular weight is 318 g/mol. The van der Waals surface area contributed by atoms with E-state index in [2.05, 4.69) is 14.8 Å². The highest BCUT2D eigenvalue weighted by Gasteiger charge is 2.28. The van der Waals surface area contributed by atoms with E-state index in [-0.39, 0.29) is 17.5 Å². The zero-order chi connectivity index (χ0) is 17.4. The van der Waals surface area contributed by atoms with Crippen LogP contribution in [-0.2, 0) is 14.3 Å². The SMILES string of the molecule is COC(=O)c1cccc(C(=O)N[C@H](C(=O)OC)[C@H](C)CC#N)c1. The number of esters is 2. The summed E-state index contributed by atoms with van der Waals surface area (Å²) < 4.78 is 9.26. The third-order valence-electron chi connectivity index (χ3n) is 3.27. The van der Waals surface area contributed by atoms with Gasteiger partial charge in [0.2, 0.25) is 0 Å². The minimum Gasteiger partial charge on any atom is -0.467 e. The summed E-state index contributed by atoms with van der Waals surface area (Å²) in [7, 11) is 2.45. The highest BCUT2D eigenvalue weighted by atomic mass is 16.5. The van der Waals surface area contributed by atoms with Crippen molar-refractivity contribution in [3.8, 4) is 6.07 Å². The number of carbonyl (C=O) groups is 3. The summed E-state index contributed by atoms with van der Waals surface area (Å²) in [6.07, 6.45) is 0.0856. The summed E-state index contributed by atoms with van der Waals surface area (Å²) in [6.45, 7) is 1.66. The Morgan fingerprint density at radius 1 is 1.22 bits per heavy atom. The van der Waals surface area contributed by atoms with Crippen LogP contribution in [0.15, 0.2) is 24.3 Å². The van der Waals surface area contributed by atoms with E-state index in [1.165, 1.54) is 38.5 Å². The van der Waals surface area contributed by atoms with E-state index in [1.54, 1.807) is 6.92 Å². The molecule has 23 heavy (non-hydrogen) atoms. The van der Waals surface area contributed by atoms with Crippen LogP contribution in [0.1, 0.15) is 34.1 Å². The van der Waals surface area contributed by atoms with Crippen molar-refractivity contribution in [1.82, 2.24) is 5.32 Å². The number of nitrogens with one attached hydrogen (secondary N) is 1. The first-order chi connectivity index (χ1) is 10.9. The first kappa shape index (κ1) is 18.2. The summed E-state index contributed by atoms with van der Waals surface area (Å²) in [4.78, 5) is 35.6. The van der Waals surface area contributed by atoms with Crippen LogP contribution < -0.4 is 5.32 Å². The molecule has 0 fully saturated rings. The lowest BCUT2D eigenvalue weighted by Gasteiger charge is -2.21. The number of benzene rings is 1. The van der Waals surface area contributed by atoms with Gasteiger partial charge in [0, 0.05) is 17.9 Å². The Balaban J connectivity index is 2.97. The van der Waals surface area contributed by atoms with Gasteiger partial charge in [0.05, 0.1) is 25.9 Å². The fourth-order valence-electron chi connectivity index (χ4n) is 1.95. The maximum Gasteiger partial charge on any atom is 0.337 e. The van der Waals surface area contributed by atoms with Crippen LogP contribution in [0.4, 0.5) is 0 Å². The molecule has 0 aliphatic heterocycles. The standard InChI is InChI=1S/C16H18N2O5/c1-10(7-8-17)13(16(21)23-3)18-14(19)11-5-4-6-12(9-11)15(20)22-2/h4-6,9-10,13H,7H2,1-3H3,(H,18,19)/t10-,13+/m1/s1. The fourth-order valence-corrected chi connectivity index (χ4v) is 1.95. The van der Waals surface area contributed by atoms with Gasteiger partial charge in [0.15, 0.2) is 0 Å². The topological polar surface area (TPSA) is 105 Å². The molecule has 0 unspecified atom stereocenters. The monoisotopic (exact) mass is 318 g/mol. The molecule has 0 bridgehead atoms. The number of carbonyl (C=O) groups excluding carboxylic acids is 3. The molecule has 0 saturated carbocycles. The second-order valence-electron chi connectivity index (χ2n) is 4.89. The molecule has 2 atom stereocenters. The molecule has 1 aromatic carbocycles. The second-order valence-corrected chi connectivity index (χ2v) is 4.89. The molecular formula is C16H18N2O5. The number of hydrogen-bond donors (Lipinski definition) is 1. The van der Waals surface area contributed by atoms with Crippen LogP contribution in [0, 0.1) is 17.2 Å². The van der Waals surface area contributed by atoms with Gasteiger partial charge >= 0.3 is 11.9 Å². The predicted octanol–water partition coefficient (Wildman–Crippen LogP) is 1.29. The number of rotatable bonds is 6. The van der Waals surface area contributed by atoms with Crippen LogP contribution in [0.5, 0.6) is 0 Å². The van der Waals surface area contributed by atoms with Crippen molar-refractivity contribution in [1.29, 1.82) is 5.26 Å². The van der Waals surface area contributed by atoms with Gasteiger partial charge in [-0.05, 0) is 18.2 Å². The van der Waals surface area contributed by atoms with Gasteiger partial charge in [-0.2, -0.15) is 5.26 Å². The summed E-state index contributed by atoms with van der Waals surface area (Å²) in [5.74, 6) is -2.16. The average Bonchev–Trinajstić information content (AvgIpc) is 2.58. The number of nitriles is 1. The summed E-state index contributed by atoms with van der Waals surface area (Å²) in [5, 5.41) is 11.3. The predicted molar refractivity (Wildman–Crippen MR) is 80.4 cm³/mol. The molecular weight excluding hydrogens is 300 g/mol. The molecule has 1 rings (SSSR count). The van der Waals surface area contributed by atoms with Crippen LogP contribution in [0.3, 0.4) is 0 Å². The molecule has 0 aliphatic carbocycles. The Hall–Kier alpha value is -2.88. The molecule has 1 aromatic rings. The van der Waals surface area contributed by atoms with Gasteiger partial charge in [0.25, 0.3) is 5.91 Å². The fraction of sp³-hybridized carbons (Fsp3) is 0.375. The van der Waals surface area contributed by atoms with Crippen molar-refractivity contribution in [2.45, 2.75) is 19.4 Å². The quantitative estimate of drug-likeness (QED) is 0.792. The number of methoxy groups -OCH3 is 2. The molecule has 0 spiro atoms. The molecule has 0 heterocycles. The van der Waals surface area contributed by atoms with E-state index in [1.807, 2.05) is 6.07 Å². The Morgan fingerprint density at radius 3 is 2.43 bits per heavy atom. The minimum absolute atomic E-state index is 0.0856. The Kier molecular flexibility index (Phi) is 6.74. The maximum absolute atomic E-state index is 12.3. The summed E-state index contributed by atoms with van der Waals surface area (Å²) >= 11 is 0. The van der Waals surface area contributed by atoms with E-state index in [0.717, 1.165) is 0 Å². The third kappa shape index (κ3) is 4.81. The van der Waals surface area contributed by atoms with E-state index in [9.17, 15) is 14.4 Å². The molecule has 0 saturated heterocycles. The second kappa shape index (κ2) is 8.54. The number of hydrogen-bond acceptors (Lipinski definition) is 6. The van der Waals surface area contributed by atoms with Crippen molar-refractivity contribution in [2.75, 3.05) is 14.2 Å². The molecule has 7 heteroatoms. The molecule has 0 aliphatic rings. The van der Waals surface area contributed by atoms with Gasteiger partial charge in [-0.25, -0.2) is 9.59 Å². The van der Waals surface area contributed by atoms with Gasteiger partial charge in [-0.15, -0.1) is 0 Å². The zero-order valence-electron chi connectivity index (χ0n) is 13.2. The molecule has 0 aromatic heterocycles. The number of ether oxygens (including phenoxy) is 2. The number of nitrogens with zero attached hydrogens (tertiary/aromatic N) is 1. The first-order valence-corrected chi connectivity index (χ1v) is 6.88. The lowest BCUT2D eigenvalue weighted by atomic mass is 9.98. The van der Waals surface area contributed by atoms with Gasteiger partial charge in [-0.3, -0.25) is 4.79 Å². The minimum atomic E-state index is -0.950. The first-order valence-electron chi connectivity index (χ1n) is 6.88. The van der Waals surface area contributed by atoms with Crippen LogP contribution >= 0.6 is 0 Å². The van der Waals surface area contributed by atoms with Crippen LogP contribution in [-0.4, -0.2) is 38.1 Å². The smallest absolute Gasteiger partial charge is 0.337 e. The highest BCUT2D eigenvalue weighted by molar-refractivity contribution is 5.99. The van der Waals surface area contributed by atoms with Crippen LogP contribution in [0.2, 0.25) is 0 Å². The summed E-state index contributed by atoms with van der Waals surface area (Å²) in [5.41, 5.74) is 0.422. The van der Waals surface area contributed by atoms with Crippen molar-refractivity contribution in [3.63, 3.8) is 0 Å². The molecule has 7 nitrogen and oxygen atoms in total. The summed E-state index contributed by atoms with van der Waals surface area (Å²) in [6, 6.07) is 6.92. The molecule has 1 amide bonds. The highest BCUT2D eigenvalue weighted by Crippen LogP contribution is 2.12. The van der Waals surface area contributed by atoms with Crippen molar-refractivity contribution >= 4 is 17.8 Å². The zero-order valence-corrected chi connectivity index (χ0v) is 13.2. The van der Waals surface area contributed by atoms with Gasteiger partial charge in [0.1, 0.15) is 6.04 Å². The number of amides is 1. The third-order valence-corrected chi connectivity index (χ3v) is 3.27. The Bertz CT molecular complexity index is 636. The van der Waals surface area contributed by atoms with Crippen molar-refractivity contribution < 1.29 is 23.9 Å². The van der Waals surface area contributed by atoms with E-state index in [0.29, 0.717) is 0 Å². The normalized spacial score (nSPS) is 12.4. The lowest BCUT2D eigenvalue weighted by molar-refractivity contribution is -0.144. The Morgan fingerprint density at radius 2 is 1.87 bits per heavy atom. The molecule has 1 N–H and O–H groups in total. The van der Waals surface area contributed by atoms with Gasteiger partial charge < -0.3 is 14.8 Å². The van der Waals surface area contributed by atoms with Crippen LogP contribution in [0.25, 0.3) is 0 Å². The van der Waals surface area contributed by atoms with Crippen molar-refractivity contribution in [3.05, 3.63) is 35.4 Å². The van der Waals surface area contributed by atoms with E-state index in [4.69, 9.17) is 5.26 Å². The lowest BCUT2D eigenvalue weighted by Crippen LogP contribution is -2.45.